The number of aromatic nitrogens is 4. The molecule has 0 aliphatic rings. The predicted molar refractivity (Wildman–Crippen MR) is 217 cm³/mol. The van der Waals surface area contributed by atoms with Gasteiger partial charge in [0.05, 0.1) is 22.2 Å². The number of nitrogens with zero attached hydrogens (tertiary/aromatic N) is 4. The summed E-state index contributed by atoms with van der Waals surface area (Å²) >= 11 is 0. The topological polar surface area (TPSA) is 35.6 Å². The first kappa shape index (κ1) is 28.8. The van der Waals surface area contributed by atoms with Crippen LogP contribution in [0.4, 0.5) is 0 Å². The molecule has 0 atom stereocenters. The molecular weight excluding hydrogens is 633 g/mol. The zero-order chi connectivity index (χ0) is 34.2. The van der Waals surface area contributed by atoms with Gasteiger partial charge >= 0.3 is 0 Å². The van der Waals surface area contributed by atoms with Crippen LogP contribution in [0.1, 0.15) is 0 Å². The SMILES string of the molecule is c1ccc(-c2cc(-n3c4c5ccccc5c5ccccc5c4c4c5c(ccn5-c5ccccc5)c5ccccc5c43)nc(-c3ccccc3)n2)cc1. The number of benzene rings is 8. The maximum atomic E-state index is 5.46. The molecule has 0 saturated carbocycles. The molecule has 0 aliphatic carbocycles. The van der Waals surface area contributed by atoms with Crippen molar-refractivity contribution >= 4 is 65.0 Å². The molecule has 3 heterocycles. The summed E-state index contributed by atoms with van der Waals surface area (Å²) in [6.07, 6.45) is 2.23. The smallest absolute Gasteiger partial charge is 0.162 e. The lowest BCUT2D eigenvalue weighted by molar-refractivity contribution is 1.05. The van der Waals surface area contributed by atoms with E-state index in [1.165, 1.54) is 54.0 Å². The quantitative estimate of drug-likeness (QED) is 0.176. The van der Waals surface area contributed by atoms with Gasteiger partial charge in [0.15, 0.2) is 5.82 Å². The summed E-state index contributed by atoms with van der Waals surface area (Å²) in [6, 6.07) is 62.4. The van der Waals surface area contributed by atoms with Crippen molar-refractivity contribution in [2.24, 2.45) is 0 Å². The van der Waals surface area contributed by atoms with E-state index in [1.807, 2.05) is 12.1 Å². The lowest BCUT2D eigenvalue weighted by Gasteiger charge is -2.15. The minimum absolute atomic E-state index is 0.690. The lowest BCUT2D eigenvalue weighted by Crippen LogP contribution is -2.03. The Labute approximate surface area is 299 Å². The van der Waals surface area contributed by atoms with Crippen molar-refractivity contribution in [1.29, 1.82) is 0 Å². The Hall–Kier alpha value is -7.04. The molecule has 52 heavy (non-hydrogen) atoms. The third-order valence-corrected chi connectivity index (χ3v) is 10.5. The first-order chi connectivity index (χ1) is 25.8. The number of para-hydroxylation sites is 1. The van der Waals surface area contributed by atoms with Crippen molar-refractivity contribution in [2.75, 3.05) is 0 Å². The van der Waals surface area contributed by atoms with Crippen molar-refractivity contribution < 1.29 is 0 Å². The highest BCUT2D eigenvalue weighted by Gasteiger charge is 2.26. The van der Waals surface area contributed by atoms with E-state index in [-0.39, 0.29) is 0 Å². The fraction of sp³-hybridized carbons (Fsp3) is 0. The average molecular weight is 663 g/mol. The van der Waals surface area contributed by atoms with Crippen LogP contribution >= 0.6 is 0 Å². The second-order valence-electron chi connectivity index (χ2n) is 13.4. The highest BCUT2D eigenvalue weighted by molar-refractivity contribution is 6.40. The molecule has 0 saturated heterocycles. The van der Waals surface area contributed by atoms with Crippen LogP contribution in [0.5, 0.6) is 0 Å². The largest absolute Gasteiger partial charge is 0.316 e. The molecule has 8 aromatic carbocycles. The van der Waals surface area contributed by atoms with E-state index in [2.05, 4.69) is 179 Å². The molecule has 0 amide bonds. The Morgan fingerprint density at radius 3 is 1.50 bits per heavy atom. The van der Waals surface area contributed by atoms with Gasteiger partial charge < -0.3 is 4.57 Å². The van der Waals surface area contributed by atoms with Gasteiger partial charge in [0.1, 0.15) is 5.82 Å². The molecule has 0 radical (unpaired) electrons. The number of hydrogen-bond donors (Lipinski definition) is 0. The summed E-state index contributed by atoms with van der Waals surface area (Å²) in [5, 5.41) is 10.9. The van der Waals surface area contributed by atoms with Gasteiger partial charge in [-0.3, -0.25) is 4.57 Å². The minimum atomic E-state index is 0.690. The minimum Gasteiger partial charge on any atom is -0.316 e. The molecule has 0 aliphatic heterocycles. The first-order valence-corrected chi connectivity index (χ1v) is 17.7. The van der Waals surface area contributed by atoms with Crippen molar-refractivity contribution in [3.63, 3.8) is 0 Å². The van der Waals surface area contributed by atoms with Crippen LogP contribution in [0.15, 0.2) is 182 Å². The fourth-order valence-corrected chi connectivity index (χ4v) is 8.32. The zero-order valence-electron chi connectivity index (χ0n) is 28.1. The van der Waals surface area contributed by atoms with Crippen LogP contribution in [0, 0.1) is 0 Å². The highest BCUT2D eigenvalue weighted by Crippen LogP contribution is 2.48. The van der Waals surface area contributed by atoms with Crippen molar-refractivity contribution in [2.45, 2.75) is 0 Å². The molecule has 0 N–H and O–H groups in total. The van der Waals surface area contributed by atoms with Gasteiger partial charge in [-0.25, -0.2) is 9.97 Å². The van der Waals surface area contributed by atoms with Gasteiger partial charge in [0, 0.05) is 56.0 Å². The normalized spacial score (nSPS) is 11.8. The molecule has 3 aromatic heterocycles. The van der Waals surface area contributed by atoms with Crippen molar-refractivity contribution in [1.82, 2.24) is 19.1 Å². The summed E-state index contributed by atoms with van der Waals surface area (Å²) < 4.78 is 4.80. The Balaban J connectivity index is 1.44. The second-order valence-corrected chi connectivity index (χ2v) is 13.4. The molecular formula is C48H30N4. The average Bonchev–Trinajstić information content (AvgIpc) is 3.83. The Kier molecular flexibility index (Phi) is 6.22. The summed E-state index contributed by atoms with van der Waals surface area (Å²) in [6.45, 7) is 0. The van der Waals surface area contributed by atoms with E-state index >= 15 is 0 Å². The maximum Gasteiger partial charge on any atom is 0.162 e. The van der Waals surface area contributed by atoms with E-state index in [0.717, 1.165) is 39.4 Å². The Morgan fingerprint density at radius 2 is 0.846 bits per heavy atom. The molecule has 0 fully saturated rings. The van der Waals surface area contributed by atoms with Gasteiger partial charge in [-0.2, -0.15) is 0 Å². The van der Waals surface area contributed by atoms with Gasteiger partial charge in [-0.05, 0) is 39.7 Å². The lowest BCUT2D eigenvalue weighted by atomic mass is 9.95. The van der Waals surface area contributed by atoms with E-state index in [1.54, 1.807) is 0 Å². The number of rotatable bonds is 4. The molecule has 4 heteroatoms. The van der Waals surface area contributed by atoms with E-state index in [9.17, 15) is 0 Å². The maximum absolute atomic E-state index is 5.46. The fourth-order valence-electron chi connectivity index (χ4n) is 8.32. The van der Waals surface area contributed by atoms with Crippen molar-refractivity contribution in [3.8, 4) is 34.2 Å². The molecule has 0 bridgehead atoms. The van der Waals surface area contributed by atoms with Crippen LogP contribution in [-0.4, -0.2) is 19.1 Å². The third-order valence-electron chi connectivity index (χ3n) is 10.5. The van der Waals surface area contributed by atoms with Crippen molar-refractivity contribution in [3.05, 3.63) is 182 Å². The van der Waals surface area contributed by atoms with Crippen LogP contribution in [0.25, 0.3) is 99.2 Å². The van der Waals surface area contributed by atoms with Gasteiger partial charge in [-0.1, -0.05) is 152 Å². The summed E-state index contributed by atoms with van der Waals surface area (Å²) in [7, 11) is 0. The molecule has 0 unspecified atom stereocenters. The predicted octanol–water partition coefficient (Wildman–Crippen LogP) is 12.3. The molecule has 4 nitrogen and oxygen atoms in total. The molecule has 11 aromatic rings. The summed E-state index contributed by atoms with van der Waals surface area (Å²) in [5.41, 5.74) is 7.48. The number of fused-ring (bicyclic) bond motifs is 13. The number of hydrogen-bond acceptors (Lipinski definition) is 2. The zero-order valence-corrected chi connectivity index (χ0v) is 28.1. The van der Waals surface area contributed by atoms with Gasteiger partial charge in [0.2, 0.25) is 0 Å². The van der Waals surface area contributed by atoms with Crippen LogP contribution in [0.2, 0.25) is 0 Å². The molecule has 0 spiro atoms. The Morgan fingerprint density at radius 1 is 0.365 bits per heavy atom. The highest BCUT2D eigenvalue weighted by atomic mass is 15.1. The van der Waals surface area contributed by atoms with E-state index < -0.39 is 0 Å². The standard InChI is InChI=1S/C48H30N4/c1-4-16-31(17-5-1)41-30-42(50-48(49-41)32-18-6-2-7-19-32)52-46-38-26-14-11-23-35(38)34-22-10-13-25-37(34)43(46)44-45-40(36-24-12-15-27-39(36)47(44)52)28-29-51(45)33-20-8-3-9-21-33/h1-30H. The van der Waals surface area contributed by atoms with Gasteiger partial charge in [-0.15, -0.1) is 0 Å². The second kappa shape index (κ2) is 11.2. The van der Waals surface area contributed by atoms with E-state index in [4.69, 9.17) is 9.97 Å². The van der Waals surface area contributed by atoms with Crippen LogP contribution < -0.4 is 0 Å². The van der Waals surface area contributed by atoms with Gasteiger partial charge in [0.25, 0.3) is 0 Å². The first-order valence-electron chi connectivity index (χ1n) is 17.7. The molecule has 242 valence electrons. The van der Waals surface area contributed by atoms with Crippen LogP contribution in [-0.2, 0) is 0 Å². The molecule has 11 rings (SSSR count). The van der Waals surface area contributed by atoms with E-state index in [0.29, 0.717) is 5.82 Å². The van der Waals surface area contributed by atoms with Crippen LogP contribution in [0.3, 0.4) is 0 Å². The summed E-state index contributed by atoms with van der Waals surface area (Å²) in [5.74, 6) is 1.52. The Bertz CT molecular complexity index is 3100. The summed E-state index contributed by atoms with van der Waals surface area (Å²) in [4.78, 5) is 10.6. The third kappa shape index (κ3) is 4.15. The monoisotopic (exact) mass is 662 g/mol.